The highest BCUT2D eigenvalue weighted by Gasteiger charge is 2.32. The molecule has 0 saturated heterocycles. The number of carbonyl (C=O) groups is 2. The Kier molecular flexibility index (Phi) is 10.2. The monoisotopic (exact) mass is 522 g/mol. The molecule has 0 aliphatic heterocycles. The largest absolute Gasteiger partial charge is 0.497 e. The number of methoxy groups -OCH3 is 1. The highest BCUT2D eigenvalue weighted by atomic mass is 32.2. The van der Waals surface area contributed by atoms with Crippen molar-refractivity contribution in [2.75, 3.05) is 32.1 Å². The van der Waals surface area contributed by atoms with E-state index in [-0.39, 0.29) is 24.2 Å². The van der Waals surface area contributed by atoms with Crippen LogP contribution in [-0.2, 0) is 26.3 Å². The topological polar surface area (TPSA) is 99.3 Å². The molecule has 0 aliphatic carbocycles. The summed E-state index contributed by atoms with van der Waals surface area (Å²) >= 11 is 0. The van der Waals surface area contributed by atoms with E-state index in [2.05, 4.69) is 5.32 Å². The third-order valence-corrected chi connectivity index (χ3v) is 7.63. The maximum atomic E-state index is 13.6. The Balaban J connectivity index is 2.43. The van der Waals surface area contributed by atoms with Crippen molar-refractivity contribution in [2.24, 2.45) is 0 Å². The minimum absolute atomic E-state index is 0.0667. The van der Waals surface area contributed by atoms with Gasteiger partial charge in [-0.05, 0) is 62.2 Å². The summed E-state index contributed by atoms with van der Waals surface area (Å²) in [5.41, 5.74) is 0.857. The molecule has 9 nitrogen and oxygen atoms in total. The van der Waals surface area contributed by atoms with Crippen LogP contribution < -0.4 is 14.4 Å². The average Bonchev–Trinajstić information content (AvgIpc) is 2.85. The summed E-state index contributed by atoms with van der Waals surface area (Å²) in [6.07, 6.45) is 0.713. The van der Waals surface area contributed by atoms with Gasteiger partial charge in [0.2, 0.25) is 11.8 Å². The molecular weight excluding hydrogens is 487 g/mol. The molecule has 2 aromatic rings. The van der Waals surface area contributed by atoms with Gasteiger partial charge in [0, 0.05) is 26.7 Å². The maximum Gasteiger partial charge on any atom is 0.304 e. The van der Waals surface area contributed by atoms with Gasteiger partial charge in [0.15, 0.2) is 0 Å². The predicted octanol–water partition coefficient (Wildman–Crippen LogP) is 2.78. The number of rotatable bonds is 12. The molecule has 2 rings (SSSR count). The van der Waals surface area contributed by atoms with Crippen LogP contribution in [-0.4, -0.2) is 69.3 Å². The van der Waals surface area contributed by atoms with E-state index in [9.17, 15) is 22.4 Å². The quantitative estimate of drug-likeness (QED) is 0.462. The van der Waals surface area contributed by atoms with E-state index < -0.39 is 34.5 Å². The molecule has 11 heteroatoms. The minimum Gasteiger partial charge on any atom is -0.497 e. The van der Waals surface area contributed by atoms with E-state index >= 15 is 0 Å². The van der Waals surface area contributed by atoms with Crippen LogP contribution in [0.1, 0.15) is 32.8 Å². The van der Waals surface area contributed by atoms with E-state index in [1.807, 2.05) is 13.8 Å². The molecule has 1 N–H and O–H groups in total. The van der Waals surface area contributed by atoms with Crippen molar-refractivity contribution in [3.63, 3.8) is 0 Å². The molecule has 2 amide bonds. The van der Waals surface area contributed by atoms with Gasteiger partial charge in [-0.2, -0.15) is 12.7 Å². The van der Waals surface area contributed by atoms with Gasteiger partial charge in [-0.3, -0.25) is 9.59 Å². The van der Waals surface area contributed by atoms with Gasteiger partial charge in [-0.25, -0.2) is 8.70 Å². The molecule has 0 bridgehead atoms. The molecule has 2 atom stereocenters. The molecule has 0 heterocycles. The first-order valence-corrected chi connectivity index (χ1v) is 13.0. The first-order chi connectivity index (χ1) is 16.9. The standard InChI is InChI=1S/C25H35FN4O5S/c1-7-18(2)27-25(32)19(3)29(16-20-8-14-23(35-6)15-9-20)24(31)17-30(36(33,34)28(4)5)22-12-10-21(26)11-13-22/h8-15,18-19H,7,16-17H2,1-6H3,(H,27,32). The zero-order chi connectivity index (χ0) is 27.0. The maximum absolute atomic E-state index is 13.6. The molecular formula is C25H35FN4O5S. The summed E-state index contributed by atoms with van der Waals surface area (Å²) in [5.74, 6) is -0.843. The van der Waals surface area contributed by atoms with Crippen LogP contribution in [0.2, 0.25) is 0 Å². The lowest BCUT2D eigenvalue weighted by Gasteiger charge is -2.33. The Morgan fingerprint density at radius 2 is 1.61 bits per heavy atom. The average molecular weight is 523 g/mol. The fourth-order valence-electron chi connectivity index (χ4n) is 3.30. The SMILES string of the molecule is CCC(C)NC(=O)C(C)N(Cc1ccc(OC)cc1)C(=O)CN(c1ccc(F)cc1)S(=O)(=O)N(C)C. The number of carbonyl (C=O) groups excluding carboxylic acids is 2. The zero-order valence-corrected chi connectivity index (χ0v) is 22.4. The van der Waals surface area contributed by atoms with Crippen molar-refractivity contribution >= 4 is 27.7 Å². The lowest BCUT2D eigenvalue weighted by Crippen LogP contribution is -2.53. The predicted molar refractivity (Wildman–Crippen MR) is 137 cm³/mol. The molecule has 0 spiro atoms. The van der Waals surface area contributed by atoms with Gasteiger partial charge < -0.3 is 15.0 Å². The molecule has 36 heavy (non-hydrogen) atoms. The second-order valence-corrected chi connectivity index (χ2v) is 10.7. The van der Waals surface area contributed by atoms with Crippen molar-refractivity contribution in [1.82, 2.24) is 14.5 Å². The Morgan fingerprint density at radius 3 is 2.11 bits per heavy atom. The fourth-order valence-corrected chi connectivity index (χ4v) is 4.36. The number of nitrogens with zero attached hydrogens (tertiary/aromatic N) is 3. The van der Waals surface area contributed by atoms with Crippen LogP contribution >= 0.6 is 0 Å². The van der Waals surface area contributed by atoms with E-state index in [0.29, 0.717) is 12.2 Å². The Bertz CT molecular complexity index is 1120. The third-order valence-electron chi connectivity index (χ3n) is 5.81. The van der Waals surface area contributed by atoms with Gasteiger partial charge in [0.25, 0.3) is 0 Å². The second kappa shape index (κ2) is 12.7. The highest BCUT2D eigenvalue weighted by molar-refractivity contribution is 7.90. The Hall–Kier alpha value is -3.18. The number of anilines is 1. The number of benzene rings is 2. The molecule has 0 aliphatic rings. The third kappa shape index (κ3) is 7.41. The summed E-state index contributed by atoms with van der Waals surface area (Å²) in [6, 6.07) is 10.9. The van der Waals surface area contributed by atoms with Gasteiger partial charge in [0.1, 0.15) is 24.2 Å². The number of nitrogens with one attached hydrogen (secondary N) is 1. The van der Waals surface area contributed by atoms with Gasteiger partial charge in [-0.1, -0.05) is 19.1 Å². The number of ether oxygens (including phenoxy) is 1. The van der Waals surface area contributed by atoms with Crippen molar-refractivity contribution in [2.45, 2.75) is 45.8 Å². The lowest BCUT2D eigenvalue weighted by atomic mass is 10.1. The zero-order valence-electron chi connectivity index (χ0n) is 21.6. The van der Waals surface area contributed by atoms with Crippen LogP contribution in [0.3, 0.4) is 0 Å². The second-order valence-electron chi connectivity index (χ2n) is 8.64. The van der Waals surface area contributed by atoms with E-state index in [1.165, 1.54) is 31.1 Å². The van der Waals surface area contributed by atoms with E-state index in [4.69, 9.17) is 4.74 Å². The number of amides is 2. The summed E-state index contributed by atoms with van der Waals surface area (Å²) in [6.45, 7) is 4.88. The van der Waals surface area contributed by atoms with Gasteiger partial charge >= 0.3 is 10.2 Å². The van der Waals surface area contributed by atoms with Gasteiger partial charge in [-0.15, -0.1) is 0 Å². The normalized spacial score (nSPS) is 13.1. The van der Waals surface area contributed by atoms with Crippen molar-refractivity contribution in [3.05, 3.63) is 59.9 Å². The first-order valence-electron chi connectivity index (χ1n) is 11.6. The number of halogens is 1. The number of hydrogen-bond donors (Lipinski definition) is 1. The summed E-state index contributed by atoms with van der Waals surface area (Å²) in [7, 11) is 0.120. The molecule has 0 saturated carbocycles. The van der Waals surface area contributed by atoms with Crippen molar-refractivity contribution in [1.29, 1.82) is 0 Å². The van der Waals surface area contributed by atoms with Crippen LogP contribution in [0.15, 0.2) is 48.5 Å². The Morgan fingerprint density at radius 1 is 1.03 bits per heavy atom. The van der Waals surface area contributed by atoms with Crippen molar-refractivity contribution < 1.29 is 27.1 Å². The summed E-state index contributed by atoms with van der Waals surface area (Å²) < 4.78 is 46.7. The van der Waals surface area contributed by atoms with Crippen LogP contribution in [0.5, 0.6) is 5.75 Å². The fraction of sp³-hybridized carbons (Fsp3) is 0.440. The number of hydrogen-bond acceptors (Lipinski definition) is 5. The molecule has 198 valence electrons. The molecule has 0 radical (unpaired) electrons. The van der Waals surface area contributed by atoms with Crippen LogP contribution in [0, 0.1) is 5.82 Å². The molecule has 0 aromatic heterocycles. The van der Waals surface area contributed by atoms with Crippen LogP contribution in [0.4, 0.5) is 10.1 Å². The van der Waals surface area contributed by atoms with Crippen molar-refractivity contribution in [3.8, 4) is 5.75 Å². The van der Waals surface area contributed by atoms with E-state index in [1.54, 1.807) is 38.3 Å². The minimum atomic E-state index is -4.10. The molecule has 2 unspecified atom stereocenters. The van der Waals surface area contributed by atoms with Gasteiger partial charge in [0.05, 0.1) is 12.8 Å². The summed E-state index contributed by atoms with van der Waals surface area (Å²) in [4.78, 5) is 27.9. The lowest BCUT2D eigenvalue weighted by molar-refractivity contribution is -0.139. The molecule has 2 aromatic carbocycles. The summed E-state index contributed by atoms with van der Waals surface area (Å²) in [5, 5.41) is 2.87. The van der Waals surface area contributed by atoms with Crippen LogP contribution in [0.25, 0.3) is 0 Å². The van der Waals surface area contributed by atoms with E-state index in [0.717, 1.165) is 26.3 Å². The highest BCUT2D eigenvalue weighted by Crippen LogP contribution is 2.22. The smallest absolute Gasteiger partial charge is 0.304 e. The molecule has 0 fully saturated rings. The Labute approximate surface area is 213 Å². The first kappa shape index (κ1) is 29.1.